The van der Waals surface area contributed by atoms with Gasteiger partial charge in [-0.2, -0.15) is 0 Å². The summed E-state index contributed by atoms with van der Waals surface area (Å²) in [5.74, 6) is 0.0971. The SMILES string of the molecule is O=C(Cc1ccccc1Cl)N1CCN(c2ccncc2CO)CC1. The Morgan fingerprint density at radius 1 is 1.12 bits per heavy atom. The van der Waals surface area contributed by atoms with Crippen molar-refractivity contribution in [1.29, 1.82) is 0 Å². The van der Waals surface area contributed by atoms with E-state index in [4.69, 9.17) is 11.6 Å². The molecule has 1 aromatic heterocycles. The molecule has 1 aliphatic rings. The van der Waals surface area contributed by atoms with Gasteiger partial charge in [0.2, 0.25) is 5.91 Å². The van der Waals surface area contributed by atoms with Crippen LogP contribution in [0.4, 0.5) is 5.69 Å². The van der Waals surface area contributed by atoms with Gasteiger partial charge in [0.25, 0.3) is 0 Å². The maximum absolute atomic E-state index is 12.5. The van der Waals surface area contributed by atoms with Gasteiger partial charge in [-0.3, -0.25) is 9.78 Å². The topological polar surface area (TPSA) is 56.7 Å². The normalized spacial score (nSPS) is 14.8. The van der Waals surface area contributed by atoms with Crippen LogP contribution in [0.2, 0.25) is 5.02 Å². The van der Waals surface area contributed by atoms with Gasteiger partial charge in [-0.1, -0.05) is 29.8 Å². The molecule has 2 heterocycles. The molecule has 126 valence electrons. The first-order chi connectivity index (χ1) is 11.7. The summed E-state index contributed by atoms with van der Waals surface area (Å²) in [6.45, 7) is 2.78. The van der Waals surface area contributed by atoms with Crippen molar-refractivity contribution in [3.63, 3.8) is 0 Å². The summed E-state index contributed by atoms with van der Waals surface area (Å²) in [5, 5.41) is 10.1. The van der Waals surface area contributed by atoms with Gasteiger partial charge >= 0.3 is 0 Å². The second-order valence-electron chi connectivity index (χ2n) is 5.80. The van der Waals surface area contributed by atoms with Gasteiger partial charge in [-0.15, -0.1) is 0 Å². The van der Waals surface area contributed by atoms with Crippen molar-refractivity contribution in [2.75, 3.05) is 31.1 Å². The van der Waals surface area contributed by atoms with E-state index in [1.54, 1.807) is 12.4 Å². The summed E-state index contributed by atoms with van der Waals surface area (Å²) in [5.41, 5.74) is 2.67. The Morgan fingerprint density at radius 3 is 2.58 bits per heavy atom. The predicted octanol–water partition coefficient (Wildman–Crippen LogP) is 2.12. The van der Waals surface area contributed by atoms with E-state index in [0.717, 1.165) is 29.9 Å². The van der Waals surface area contributed by atoms with Gasteiger partial charge in [0.15, 0.2) is 0 Å². The number of pyridine rings is 1. The summed E-state index contributed by atoms with van der Waals surface area (Å²) in [7, 11) is 0. The Bertz CT molecular complexity index is 715. The highest BCUT2D eigenvalue weighted by Crippen LogP contribution is 2.22. The number of carbonyl (C=O) groups is 1. The number of nitrogens with zero attached hydrogens (tertiary/aromatic N) is 3. The number of anilines is 1. The van der Waals surface area contributed by atoms with Crippen molar-refractivity contribution in [3.05, 3.63) is 58.9 Å². The summed E-state index contributed by atoms with van der Waals surface area (Å²) < 4.78 is 0. The number of aliphatic hydroxyl groups excluding tert-OH is 1. The maximum atomic E-state index is 12.5. The number of hydrogen-bond acceptors (Lipinski definition) is 4. The van der Waals surface area contributed by atoms with Crippen LogP contribution in [0.3, 0.4) is 0 Å². The van der Waals surface area contributed by atoms with Crippen molar-refractivity contribution >= 4 is 23.2 Å². The lowest BCUT2D eigenvalue weighted by Crippen LogP contribution is -2.49. The number of aromatic nitrogens is 1. The number of rotatable bonds is 4. The van der Waals surface area contributed by atoms with Crippen molar-refractivity contribution in [1.82, 2.24) is 9.88 Å². The Morgan fingerprint density at radius 2 is 1.88 bits per heavy atom. The molecule has 0 spiro atoms. The Hall–Kier alpha value is -2.11. The highest BCUT2D eigenvalue weighted by molar-refractivity contribution is 6.31. The quantitative estimate of drug-likeness (QED) is 0.922. The van der Waals surface area contributed by atoms with Crippen LogP contribution >= 0.6 is 11.6 Å². The van der Waals surface area contributed by atoms with Crippen LogP contribution in [0, 0.1) is 0 Å². The van der Waals surface area contributed by atoms with E-state index in [-0.39, 0.29) is 12.5 Å². The van der Waals surface area contributed by atoms with Crippen LogP contribution in [0.25, 0.3) is 0 Å². The standard InChI is InChI=1S/C18H20ClN3O2/c19-16-4-2-1-3-14(16)11-18(24)22-9-7-21(8-10-22)17-5-6-20-12-15(17)13-23/h1-6,12,23H,7-11,13H2. The first-order valence-electron chi connectivity index (χ1n) is 7.99. The minimum atomic E-state index is -0.0329. The Balaban J connectivity index is 1.61. The smallest absolute Gasteiger partial charge is 0.227 e. The number of piperazine rings is 1. The minimum Gasteiger partial charge on any atom is -0.392 e. The van der Waals surface area contributed by atoms with Crippen LogP contribution in [0.5, 0.6) is 0 Å². The van der Waals surface area contributed by atoms with E-state index < -0.39 is 0 Å². The number of amides is 1. The van der Waals surface area contributed by atoms with E-state index in [9.17, 15) is 9.90 Å². The fourth-order valence-corrected chi connectivity index (χ4v) is 3.17. The molecule has 0 unspecified atom stereocenters. The second kappa shape index (κ2) is 7.64. The number of halogens is 1. The zero-order chi connectivity index (χ0) is 16.9. The van der Waals surface area contributed by atoms with E-state index in [2.05, 4.69) is 9.88 Å². The molecule has 2 aromatic rings. The summed E-state index contributed by atoms with van der Waals surface area (Å²) in [4.78, 5) is 20.6. The predicted molar refractivity (Wildman–Crippen MR) is 94.1 cm³/mol. The number of carbonyl (C=O) groups excluding carboxylic acids is 1. The number of hydrogen-bond donors (Lipinski definition) is 1. The summed E-state index contributed by atoms with van der Waals surface area (Å²) in [6.07, 6.45) is 3.74. The first-order valence-corrected chi connectivity index (χ1v) is 8.36. The minimum absolute atomic E-state index is 0.0329. The monoisotopic (exact) mass is 345 g/mol. The van der Waals surface area contributed by atoms with Gasteiger partial charge in [0.1, 0.15) is 0 Å². The maximum Gasteiger partial charge on any atom is 0.227 e. The lowest BCUT2D eigenvalue weighted by Gasteiger charge is -2.37. The fraction of sp³-hybridized carbons (Fsp3) is 0.333. The molecular formula is C18H20ClN3O2. The van der Waals surface area contributed by atoms with Gasteiger partial charge in [0.05, 0.1) is 13.0 Å². The van der Waals surface area contributed by atoms with Crippen molar-refractivity contribution in [2.24, 2.45) is 0 Å². The van der Waals surface area contributed by atoms with Gasteiger partial charge in [0, 0.05) is 54.8 Å². The van der Waals surface area contributed by atoms with E-state index in [1.807, 2.05) is 35.2 Å². The largest absolute Gasteiger partial charge is 0.392 e. The lowest BCUT2D eigenvalue weighted by atomic mass is 10.1. The average molecular weight is 346 g/mol. The lowest BCUT2D eigenvalue weighted by molar-refractivity contribution is -0.130. The third-order valence-electron chi connectivity index (χ3n) is 4.32. The van der Waals surface area contributed by atoms with Gasteiger partial charge in [-0.25, -0.2) is 0 Å². The Kier molecular flexibility index (Phi) is 5.33. The molecule has 1 amide bonds. The molecule has 1 aromatic carbocycles. The molecule has 0 aliphatic carbocycles. The van der Waals surface area contributed by atoms with Crippen LogP contribution in [0.1, 0.15) is 11.1 Å². The molecule has 1 N–H and O–H groups in total. The number of aliphatic hydroxyl groups is 1. The van der Waals surface area contributed by atoms with E-state index >= 15 is 0 Å². The second-order valence-corrected chi connectivity index (χ2v) is 6.21. The van der Waals surface area contributed by atoms with Crippen LogP contribution in [-0.4, -0.2) is 47.1 Å². The third-order valence-corrected chi connectivity index (χ3v) is 4.69. The molecule has 1 fully saturated rings. The highest BCUT2D eigenvalue weighted by Gasteiger charge is 2.23. The molecule has 0 radical (unpaired) electrons. The fourth-order valence-electron chi connectivity index (χ4n) is 2.96. The average Bonchev–Trinajstić information content (AvgIpc) is 2.63. The molecule has 1 saturated heterocycles. The Labute approximate surface area is 146 Å². The zero-order valence-electron chi connectivity index (χ0n) is 13.4. The first kappa shape index (κ1) is 16.7. The molecular weight excluding hydrogens is 326 g/mol. The molecule has 6 heteroatoms. The molecule has 0 atom stereocenters. The van der Waals surface area contributed by atoms with Gasteiger partial charge in [-0.05, 0) is 17.7 Å². The molecule has 0 saturated carbocycles. The molecule has 0 bridgehead atoms. The van der Waals surface area contributed by atoms with E-state index in [1.165, 1.54) is 0 Å². The summed E-state index contributed by atoms with van der Waals surface area (Å²) >= 11 is 6.14. The summed E-state index contributed by atoms with van der Waals surface area (Å²) in [6, 6.07) is 9.37. The molecule has 1 aliphatic heterocycles. The van der Waals surface area contributed by atoms with Crippen molar-refractivity contribution in [3.8, 4) is 0 Å². The molecule has 24 heavy (non-hydrogen) atoms. The van der Waals surface area contributed by atoms with Crippen LogP contribution in [0.15, 0.2) is 42.7 Å². The number of benzene rings is 1. The third kappa shape index (κ3) is 3.68. The van der Waals surface area contributed by atoms with E-state index in [0.29, 0.717) is 24.5 Å². The van der Waals surface area contributed by atoms with Gasteiger partial charge < -0.3 is 14.9 Å². The molecule has 5 nitrogen and oxygen atoms in total. The zero-order valence-corrected chi connectivity index (χ0v) is 14.1. The van der Waals surface area contributed by atoms with Crippen LogP contribution in [-0.2, 0) is 17.8 Å². The molecule has 3 rings (SSSR count). The van der Waals surface area contributed by atoms with Crippen LogP contribution < -0.4 is 4.90 Å². The van der Waals surface area contributed by atoms with Crippen molar-refractivity contribution in [2.45, 2.75) is 13.0 Å². The highest BCUT2D eigenvalue weighted by atomic mass is 35.5. The van der Waals surface area contributed by atoms with Crippen molar-refractivity contribution < 1.29 is 9.90 Å².